The Balaban J connectivity index is 1.92. The van der Waals surface area contributed by atoms with Crippen LogP contribution < -0.4 is 4.57 Å². The van der Waals surface area contributed by atoms with Crippen molar-refractivity contribution in [3.8, 4) is 0 Å². The molecule has 1 N–H and O–H groups in total. The van der Waals surface area contributed by atoms with Gasteiger partial charge < -0.3 is 5.11 Å². The monoisotopic (exact) mass is 349 g/mol. The molecule has 2 rings (SSSR count). The molecule has 1 aromatic heterocycles. The van der Waals surface area contributed by atoms with Crippen LogP contribution in [0.2, 0.25) is 0 Å². The molecule has 17 heavy (non-hydrogen) atoms. The maximum Gasteiger partial charge on any atom is 0.244 e. The van der Waals surface area contributed by atoms with Crippen LogP contribution in [-0.2, 0) is 6.54 Å². The van der Waals surface area contributed by atoms with E-state index in [-0.39, 0.29) is 6.10 Å². The van der Waals surface area contributed by atoms with Gasteiger partial charge in [-0.05, 0) is 36.5 Å². The molecule has 1 aromatic rings. The second kappa shape index (κ2) is 6.73. The number of imidazole rings is 1. The average Bonchev–Trinajstić information content (AvgIpc) is 2.79. The summed E-state index contributed by atoms with van der Waals surface area (Å²) in [5.41, 5.74) is 0. The molecule has 1 fully saturated rings. The maximum atomic E-state index is 10.0. The van der Waals surface area contributed by atoms with Gasteiger partial charge in [-0.2, -0.15) is 0 Å². The molecule has 3 nitrogen and oxygen atoms in total. The molecule has 0 amide bonds. The van der Waals surface area contributed by atoms with Gasteiger partial charge >= 0.3 is 0 Å². The number of aromatic nitrogens is 2. The summed E-state index contributed by atoms with van der Waals surface area (Å²) >= 11 is 2.43. The highest BCUT2D eigenvalue weighted by atomic mass is 127. The summed E-state index contributed by atoms with van der Waals surface area (Å²) in [7, 11) is 0. The zero-order valence-corrected chi connectivity index (χ0v) is 12.4. The summed E-state index contributed by atoms with van der Waals surface area (Å²) in [5.74, 6) is 0. The van der Waals surface area contributed by atoms with Gasteiger partial charge in [0.05, 0.1) is 12.6 Å². The highest BCUT2D eigenvalue weighted by molar-refractivity contribution is 14.1. The summed E-state index contributed by atoms with van der Waals surface area (Å²) in [4.78, 5) is 0. The second-order valence-electron chi connectivity index (χ2n) is 4.91. The minimum Gasteiger partial charge on any atom is -0.389 e. The zero-order valence-electron chi connectivity index (χ0n) is 10.3. The minimum atomic E-state index is -0.154. The normalized spacial score (nSPS) is 25.1. The summed E-state index contributed by atoms with van der Waals surface area (Å²) in [6, 6.07) is 0.301. The highest BCUT2D eigenvalue weighted by Crippen LogP contribution is 2.27. The fourth-order valence-electron chi connectivity index (χ4n) is 2.57. The number of aliphatic hydroxyl groups excluding tert-OH is 1. The summed E-state index contributed by atoms with van der Waals surface area (Å²) in [6.07, 6.45) is 13.3. The number of nitrogens with zero attached hydrogens (tertiary/aromatic N) is 2. The molecule has 0 aromatic carbocycles. The molecule has 96 valence electrons. The molecule has 0 spiro atoms. The third-order valence-electron chi connectivity index (χ3n) is 3.59. The van der Waals surface area contributed by atoms with Crippen LogP contribution in [0.1, 0.15) is 44.6 Å². The van der Waals surface area contributed by atoms with E-state index in [9.17, 15) is 5.11 Å². The molecule has 1 aliphatic rings. The van der Waals surface area contributed by atoms with Crippen LogP contribution >= 0.6 is 22.6 Å². The lowest BCUT2D eigenvalue weighted by molar-refractivity contribution is -0.697. The van der Waals surface area contributed by atoms with Crippen molar-refractivity contribution < 1.29 is 9.67 Å². The number of halogens is 1. The van der Waals surface area contributed by atoms with Crippen LogP contribution in [0.15, 0.2) is 18.7 Å². The standard InChI is InChI=1S/C13H22IN2O/c14-7-3-4-8-15-9-10-16(11-15)12-5-1-2-6-13(12)17/h9-13,17H,1-8H2/q+1. The quantitative estimate of drug-likeness (QED) is 0.376. The molecule has 4 heteroatoms. The molecule has 0 radical (unpaired) electrons. The van der Waals surface area contributed by atoms with E-state index in [1.54, 1.807) is 0 Å². The Bertz CT molecular complexity index is 340. The minimum absolute atomic E-state index is 0.154. The molecule has 1 saturated carbocycles. The molecule has 0 saturated heterocycles. The molecule has 0 bridgehead atoms. The van der Waals surface area contributed by atoms with Crippen molar-refractivity contribution in [2.24, 2.45) is 0 Å². The van der Waals surface area contributed by atoms with Crippen molar-refractivity contribution in [1.29, 1.82) is 0 Å². The van der Waals surface area contributed by atoms with E-state index in [1.807, 2.05) is 0 Å². The van der Waals surface area contributed by atoms with E-state index in [0.29, 0.717) is 6.04 Å². The number of aliphatic hydroxyl groups is 1. The molecule has 1 heterocycles. The van der Waals surface area contributed by atoms with E-state index >= 15 is 0 Å². The van der Waals surface area contributed by atoms with Crippen molar-refractivity contribution >= 4 is 22.6 Å². The first-order chi connectivity index (χ1) is 8.31. The van der Waals surface area contributed by atoms with Crippen molar-refractivity contribution in [3.05, 3.63) is 18.7 Å². The average molecular weight is 349 g/mol. The fraction of sp³-hybridized carbons (Fsp3) is 0.769. The van der Waals surface area contributed by atoms with Gasteiger partial charge in [0.2, 0.25) is 6.33 Å². The van der Waals surface area contributed by atoms with Gasteiger partial charge in [-0.25, -0.2) is 9.13 Å². The third-order valence-corrected chi connectivity index (χ3v) is 4.35. The van der Waals surface area contributed by atoms with Crippen LogP contribution in [0.3, 0.4) is 0 Å². The molecule has 2 unspecified atom stereocenters. The third kappa shape index (κ3) is 3.68. The van der Waals surface area contributed by atoms with Crippen molar-refractivity contribution in [2.45, 2.75) is 57.2 Å². The molecular formula is C13H22IN2O+. The first-order valence-electron chi connectivity index (χ1n) is 6.62. The number of hydrogen-bond acceptors (Lipinski definition) is 1. The maximum absolute atomic E-state index is 10.0. The first kappa shape index (κ1) is 13.3. The highest BCUT2D eigenvalue weighted by Gasteiger charge is 2.28. The van der Waals surface area contributed by atoms with Crippen LogP contribution in [-0.4, -0.2) is 20.2 Å². The van der Waals surface area contributed by atoms with Crippen LogP contribution in [0.25, 0.3) is 0 Å². The smallest absolute Gasteiger partial charge is 0.244 e. The van der Waals surface area contributed by atoms with Gasteiger partial charge in [0.1, 0.15) is 18.4 Å². The Labute approximate surface area is 117 Å². The predicted octanol–water partition coefficient (Wildman–Crippen LogP) is 2.47. The SMILES string of the molecule is OC1CCCCC1n1cc[n+](CCCCI)c1. The van der Waals surface area contributed by atoms with Gasteiger partial charge in [0.25, 0.3) is 0 Å². The van der Waals surface area contributed by atoms with Gasteiger partial charge in [0, 0.05) is 0 Å². The Morgan fingerprint density at radius 1 is 1.29 bits per heavy atom. The van der Waals surface area contributed by atoms with E-state index in [0.717, 1.165) is 19.4 Å². The van der Waals surface area contributed by atoms with Crippen LogP contribution in [0, 0.1) is 0 Å². The topological polar surface area (TPSA) is 29.0 Å². The van der Waals surface area contributed by atoms with Gasteiger partial charge in [0.15, 0.2) is 0 Å². The lowest BCUT2D eigenvalue weighted by Crippen LogP contribution is -2.33. The Kier molecular flexibility index (Phi) is 5.28. The fourth-order valence-corrected chi connectivity index (χ4v) is 3.11. The first-order valence-corrected chi connectivity index (χ1v) is 8.14. The van der Waals surface area contributed by atoms with E-state index in [4.69, 9.17) is 0 Å². The molecular weight excluding hydrogens is 327 g/mol. The number of aryl methyl sites for hydroxylation is 1. The lowest BCUT2D eigenvalue weighted by Gasteiger charge is -2.24. The van der Waals surface area contributed by atoms with Gasteiger partial charge in [-0.15, -0.1) is 0 Å². The van der Waals surface area contributed by atoms with Crippen LogP contribution in [0.4, 0.5) is 0 Å². The van der Waals surface area contributed by atoms with E-state index in [1.165, 1.54) is 30.1 Å². The van der Waals surface area contributed by atoms with E-state index in [2.05, 4.69) is 50.4 Å². The van der Waals surface area contributed by atoms with Crippen molar-refractivity contribution in [3.63, 3.8) is 0 Å². The molecule has 1 aliphatic carbocycles. The van der Waals surface area contributed by atoms with Crippen molar-refractivity contribution in [2.75, 3.05) is 4.43 Å². The number of hydrogen-bond donors (Lipinski definition) is 1. The summed E-state index contributed by atoms with van der Waals surface area (Å²) in [5, 5.41) is 10.0. The summed E-state index contributed by atoms with van der Waals surface area (Å²) in [6.45, 7) is 1.10. The number of rotatable bonds is 5. The van der Waals surface area contributed by atoms with Gasteiger partial charge in [-0.1, -0.05) is 29.0 Å². The second-order valence-corrected chi connectivity index (χ2v) is 5.99. The van der Waals surface area contributed by atoms with E-state index < -0.39 is 0 Å². The largest absolute Gasteiger partial charge is 0.389 e. The van der Waals surface area contributed by atoms with Gasteiger partial charge in [-0.3, -0.25) is 0 Å². The molecule has 2 atom stereocenters. The lowest BCUT2D eigenvalue weighted by atomic mass is 9.92. The Hall–Kier alpha value is -0.100. The predicted molar refractivity (Wildman–Crippen MR) is 76.3 cm³/mol. The van der Waals surface area contributed by atoms with Crippen molar-refractivity contribution in [1.82, 2.24) is 4.57 Å². The number of alkyl halides is 1. The summed E-state index contributed by atoms with van der Waals surface area (Å²) < 4.78 is 5.68. The van der Waals surface area contributed by atoms with Crippen LogP contribution in [0.5, 0.6) is 0 Å². The Morgan fingerprint density at radius 3 is 2.88 bits per heavy atom. The zero-order chi connectivity index (χ0) is 12.1. The Morgan fingerprint density at radius 2 is 2.12 bits per heavy atom. The number of unbranched alkanes of at least 4 members (excludes halogenated alkanes) is 1. The molecule has 0 aliphatic heterocycles.